The molecule has 7 heteroatoms. The second kappa shape index (κ2) is 5.36. The van der Waals surface area contributed by atoms with Crippen LogP contribution >= 0.6 is 15.9 Å². The Morgan fingerprint density at radius 3 is 2.89 bits per heavy atom. The average molecular weight is 330 g/mol. The van der Waals surface area contributed by atoms with Gasteiger partial charge >= 0.3 is 0 Å². The molecule has 1 aromatic carbocycles. The molecule has 0 bridgehead atoms. The molecule has 2 aromatic rings. The smallest absolute Gasteiger partial charge is 0.229 e. The largest absolute Gasteiger partial charge is 0.388 e. The molecule has 0 radical (unpaired) electrons. The highest BCUT2D eigenvalue weighted by molar-refractivity contribution is 9.10. The van der Waals surface area contributed by atoms with E-state index in [2.05, 4.69) is 26.1 Å². The Morgan fingerprint density at radius 1 is 1.53 bits per heavy atom. The van der Waals surface area contributed by atoms with Crippen LogP contribution in [0.3, 0.4) is 0 Å². The van der Waals surface area contributed by atoms with Gasteiger partial charge in [-0.25, -0.2) is 4.39 Å². The quantitative estimate of drug-likeness (QED) is 0.894. The van der Waals surface area contributed by atoms with Crippen LogP contribution in [0.1, 0.15) is 12.8 Å². The van der Waals surface area contributed by atoms with Crippen molar-refractivity contribution in [3.05, 3.63) is 34.4 Å². The molecule has 0 aliphatic carbocycles. The van der Waals surface area contributed by atoms with Crippen LogP contribution in [0.5, 0.6) is 0 Å². The van der Waals surface area contributed by atoms with Crippen LogP contribution in [-0.4, -0.2) is 27.4 Å². The third-order valence-electron chi connectivity index (χ3n) is 2.61. The molecule has 3 N–H and O–H groups in total. The van der Waals surface area contributed by atoms with Crippen LogP contribution in [0.15, 0.2) is 27.2 Å². The summed E-state index contributed by atoms with van der Waals surface area (Å²) in [6, 6.07) is 4.18. The summed E-state index contributed by atoms with van der Waals surface area (Å²) in [4.78, 5) is 4.16. The first-order chi connectivity index (χ1) is 8.91. The van der Waals surface area contributed by atoms with Gasteiger partial charge in [-0.3, -0.25) is 0 Å². The van der Waals surface area contributed by atoms with E-state index in [1.54, 1.807) is 13.0 Å². The SMILES string of the molecule is CC(O)(CN)Cc1nc(-c2ccc(F)cc2Br)no1. The lowest BCUT2D eigenvalue weighted by Gasteiger charge is -2.17. The number of nitrogens with two attached hydrogens (primary N) is 1. The van der Waals surface area contributed by atoms with Gasteiger partial charge in [0, 0.05) is 16.6 Å². The number of aromatic nitrogens is 2. The van der Waals surface area contributed by atoms with Crippen molar-refractivity contribution in [3.63, 3.8) is 0 Å². The van der Waals surface area contributed by atoms with E-state index >= 15 is 0 Å². The van der Waals surface area contributed by atoms with Crippen LogP contribution in [0.2, 0.25) is 0 Å². The lowest BCUT2D eigenvalue weighted by Crippen LogP contribution is -2.36. The maximum absolute atomic E-state index is 13.0. The summed E-state index contributed by atoms with van der Waals surface area (Å²) in [6.45, 7) is 1.68. The molecule has 1 unspecified atom stereocenters. The molecule has 0 saturated carbocycles. The topological polar surface area (TPSA) is 85.2 Å². The summed E-state index contributed by atoms with van der Waals surface area (Å²) >= 11 is 3.24. The van der Waals surface area contributed by atoms with Crippen molar-refractivity contribution in [1.82, 2.24) is 10.1 Å². The molecular weight excluding hydrogens is 317 g/mol. The molecule has 19 heavy (non-hydrogen) atoms. The molecule has 0 saturated heterocycles. The van der Waals surface area contributed by atoms with Gasteiger partial charge in [-0.1, -0.05) is 5.16 Å². The summed E-state index contributed by atoms with van der Waals surface area (Å²) < 4.78 is 18.6. The maximum Gasteiger partial charge on any atom is 0.229 e. The van der Waals surface area contributed by atoms with Gasteiger partial charge in [0.25, 0.3) is 0 Å². The molecule has 0 aliphatic heterocycles. The standard InChI is InChI=1S/C12H13BrFN3O2/c1-12(18,6-15)5-10-16-11(17-19-10)8-3-2-7(14)4-9(8)13/h2-4,18H,5-6,15H2,1H3. The van der Waals surface area contributed by atoms with Crippen molar-refractivity contribution < 1.29 is 14.0 Å². The first kappa shape index (κ1) is 14.1. The number of halogens is 2. The van der Waals surface area contributed by atoms with Crippen LogP contribution in [0, 0.1) is 5.82 Å². The lowest BCUT2D eigenvalue weighted by atomic mass is 10.0. The van der Waals surface area contributed by atoms with Gasteiger partial charge < -0.3 is 15.4 Å². The minimum absolute atomic E-state index is 0.0883. The van der Waals surface area contributed by atoms with Crippen LogP contribution in [0.4, 0.5) is 4.39 Å². The van der Waals surface area contributed by atoms with E-state index in [0.29, 0.717) is 15.9 Å². The van der Waals surface area contributed by atoms with Gasteiger partial charge in [0.05, 0.1) is 12.0 Å². The van der Waals surface area contributed by atoms with E-state index in [4.69, 9.17) is 10.3 Å². The molecule has 102 valence electrons. The highest BCUT2D eigenvalue weighted by Gasteiger charge is 2.23. The highest BCUT2D eigenvalue weighted by Crippen LogP contribution is 2.27. The molecule has 0 fully saturated rings. The second-order valence-corrected chi connectivity index (χ2v) is 5.37. The number of rotatable bonds is 4. The molecule has 0 aliphatic rings. The first-order valence-corrected chi connectivity index (χ1v) is 6.41. The number of hydrogen-bond donors (Lipinski definition) is 2. The van der Waals surface area contributed by atoms with Crippen molar-refractivity contribution in [1.29, 1.82) is 0 Å². The summed E-state index contributed by atoms with van der Waals surface area (Å²) in [7, 11) is 0. The van der Waals surface area contributed by atoms with Gasteiger partial charge in [-0.2, -0.15) is 4.98 Å². The minimum Gasteiger partial charge on any atom is -0.388 e. The lowest BCUT2D eigenvalue weighted by molar-refractivity contribution is 0.0610. The van der Waals surface area contributed by atoms with Crippen LogP contribution in [-0.2, 0) is 6.42 Å². The van der Waals surface area contributed by atoms with Gasteiger partial charge in [0.15, 0.2) is 0 Å². The van der Waals surface area contributed by atoms with E-state index in [-0.39, 0.29) is 24.7 Å². The molecule has 1 aromatic heterocycles. The Bertz CT molecular complexity index is 586. The summed E-state index contributed by atoms with van der Waals surface area (Å²) in [5.41, 5.74) is 4.94. The Morgan fingerprint density at radius 2 is 2.26 bits per heavy atom. The number of hydrogen-bond acceptors (Lipinski definition) is 5. The predicted molar refractivity (Wildman–Crippen MR) is 70.8 cm³/mol. The molecule has 2 rings (SSSR count). The zero-order valence-electron chi connectivity index (χ0n) is 10.2. The number of benzene rings is 1. The monoisotopic (exact) mass is 329 g/mol. The normalized spacial score (nSPS) is 14.4. The Labute approximate surface area is 117 Å². The summed E-state index contributed by atoms with van der Waals surface area (Å²) in [5.74, 6) is 0.252. The van der Waals surface area contributed by atoms with Gasteiger partial charge in [-0.15, -0.1) is 0 Å². The molecule has 1 heterocycles. The van der Waals surface area contributed by atoms with Crippen molar-refractivity contribution in [3.8, 4) is 11.4 Å². The van der Waals surface area contributed by atoms with Gasteiger partial charge in [0.2, 0.25) is 11.7 Å². The minimum atomic E-state index is -1.09. The molecule has 1 atom stereocenters. The highest BCUT2D eigenvalue weighted by atomic mass is 79.9. The fraction of sp³-hybridized carbons (Fsp3) is 0.333. The molecular formula is C12H13BrFN3O2. The Kier molecular flexibility index (Phi) is 3.98. The van der Waals surface area contributed by atoms with Crippen LogP contribution < -0.4 is 5.73 Å². The van der Waals surface area contributed by atoms with Gasteiger partial charge in [-0.05, 0) is 41.1 Å². The Hall–Kier alpha value is -1.31. The summed E-state index contributed by atoms with van der Waals surface area (Å²) in [6.07, 6.45) is 0.162. The molecule has 0 amide bonds. The molecule has 0 spiro atoms. The zero-order valence-corrected chi connectivity index (χ0v) is 11.8. The third kappa shape index (κ3) is 3.37. The van der Waals surface area contributed by atoms with Crippen molar-refractivity contribution >= 4 is 15.9 Å². The van der Waals surface area contributed by atoms with Crippen LogP contribution in [0.25, 0.3) is 11.4 Å². The Balaban J connectivity index is 2.26. The predicted octanol–water partition coefficient (Wildman–Crippen LogP) is 1.89. The summed E-state index contributed by atoms with van der Waals surface area (Å²) in [5, 5.41) is 13.6. The zero-order chi connectivity index (χ0) is 14.0. The fourth-order valence-electron chi connectivity index (χ4n) is 1.50. The fourth-order valence-corrected chi connectivity index (χ4v) is 2.03. The van der Waals surface area contributed by atoms with E-state index in [1.807, 2.05) is 0 Å². The average Bonchev–Trinajstić information content (AvgIpc) is 2.76. The second-order valence-electron chi connectivity index (χ2n) is 4.51. The van der Waals surface area contributed by atoms with E-state index in [9.17, 15) is 9.50 Å². The van der Waals surface area contributed by atoms with Crippen molar-refractivity contribution in [2.75, 3.05) is 6.54 Å². The number of aliphatic hydroxyl groups is 1. The van der Waals surface area contributed by atoms with E-state index in [1.165, 1.54) is 12.1 Å². The van der Waals surface area contributed by atoms with E-state index in [0.717, 1.165) is 0 Å². The van der Waals surface area contributed by atoms with Crippen molar-refractivity contribution in [2.45, 2.75) is 18.9 Å². The third-order valence-corrected chi connectivity index (χ3v) is 3.27. The first-order valence-electron chi connectivity index (χ1n) is 5.62. The van der Waals surface area contributed by atoms with Crippen molar-refractivity contribution in [2.24, 2.45) is 5.73 Å². The molecule has 5 nitrogen and oxygen atoms in total. The van der Waals surface area contributed by atoms with E-state index < -0.39 is 5.60 Å². The maximum atomic E-state index is 13.0. The number of nitrogens with zero attached hydrogens (tertiary/aromatic N) is 2. The van der Waals surface area contributed by atoms with Gasteiger partial charge in [0.1, 0.15) is 5.82 Å².